The molecule has 3 aromatic rings. The van der Waals surface area contributed by atoms with Crippen LogP contribution in [0.3, 0.4) is 0 Å². The van der Waals surface area contributed by atoms with Crippen molar-refractivity contribution >= 4 is 28.8 Å². The van der Waals surface area contributed by atoms with Gasteiger partial charge in [0, 0.05) is 49.0 Å². The van der Waals surface area contributed by atoms with Gasteiger partial charge in [-0.05, 0) is 88.5 Å². The number of imidazole rings is 1. The third-order valence-corrected chi connectivity index (χ3v) is 6.24. The van der Waals surface area contributed by atoms with Crippen LogP contribution < -0.4 is 25.4 Å². The molecule has 0 aliphatic carbocycles. The maximum Gasteiger partial charge on any atom is 0.173 e. The summed E-state index contributed by atoms with van der Waals surface area (Å²) < 4.78 is 13.8. The molecule has 194 valence electrons. The van der Waals surface area contributed by atoms with Crippen molar-refractivity contribution in [1.82, 2.24) is 19.9 Å². The van der Waals surface area contributed by atoms with Crippen molar-refractivity contribution in [3.8, 4) is 11.5 Å². The highest BCUT2D eigenvalue weighted by Crippen LogP contribution is 2.33. The van der Waals surface area contributed by atoms with E-state index < -0.39 is 0 Å². The Morgan fingerprint density at radius 1 is 1.17 bits per heavy atom. The Morgan fingerprint density at radius 2 is 2.00 bits per heavy atom. The number of thiocarbonyl (C=S) groups is 1. The fourth-order valence-electron chi connectivity index (χ4n) is 3.99. The number of aryl methyl sites for hydroxylation is 3. The number of benzene rings is 1. The summed E-state index contributed by atoms with van der Waals surface area (Å²) >= 11 is 5.74. The van der Waals surface area contributed by atoms with Crippen molar-refractivity contribution in [2.45, 2.75) is 59.0 Å². The zero-order valence-corrected chi connectivity index (χ0v) is 22.6. The van der Waals surface area contributed by atoms with E-state index in [9.17, 15) is 0 Å². The molecule has 0 spiro atoms. The SMILES string of the molecule is COc1cc(N(C(=S)NCCCn2cncc2C)C(C)C)ccc1OCCCCc1ccnc(N)c1. The van der Waals surface area contributed by atoms with Gasteiger partial charge in [-0.1, -0.05) is 0 Å². The van der Waals surface area contributed by atoms with E-state index in [0.717, 1.165) is 55.9 Å². The summed E-state index contributed by atoms with van der Waals surface area (Å²) in [6.45, 7) is 8.60. The highest BCUT2D eigenvalue weighted by Gasteiger charge is 2.18. The van der Waals surface area contributed by atoms with Crippen LogP contribution in [0.25, 0.3) is 0 Å². The second-order valence-electron chi connectivity index (χ2n) is 9.01. The van der Waals surface area contributed by atoms with Gasteiger partial charge in [0.1, 0.15) is 5.82 Å². The molecule has 8 nitrogen and oxygen atoms in total. The molecule has 0 aliphatic rings. The first-order valence-electron chi connectivity index (χ1n) is 12.4. The van der Waals surface area contributed by atoms with Crippen molar-refractivity contribution in [1.29, 1.82) is 0 Å². The van der Waals surface area contributed by atoms with Crippen molar-refractivity contribution in [2.75, 3.05) is 30.9 Å². The van der Waals surface area contributed by atoms with Gasteiger partial charge in [0.05, 0.1) is 20.0 Å². The normalized spacial score (nSPS) is 10.9. The fraction of sp³-hybridized carbons (Fsp3) is 0.444. The molecule has 0 saturated heterocycles. The Bertz CT molecular complexity index is 1120. The van der Waals surface area contributed by atoms with Gasteiger partial charge in [-0.25, -0.2) is 9.97 Å². The van der Waals surface area contributed by atoms with Gasteiger partial charge in [0.15, 0.2) is 16.6 Å². The summed E-state index contributed by atoms with van der Waals surface area (Å²) in [5, 5.41) is 4.10. The number of nitrogen functional groups attached to an aromatic ring is 1. The Hall–Kier alpha value is -3.33. The Balaban J connectivity index is 1.51. The molecule has 0 bridgehead atoms. The number of hydrogen-bond donors (Lipinski definition) is 2. The van der Waals surface area contributed by atoms with Gasteiger partial charge in [-0.15, -0.1) is 0 Å². The summed E-state index contributed by atoms with van der Waals surface area (Å²) in [6, 6.07) is 10.1. The molecule has 3 rings (SSSR count). The Labute approximate surface area is 219 Å². The number of nitrogens with two attached hydrogens (primary N) is 1. The van der Waals surface area contributed by atoms with Gasteiger partial charge in [0.2, 0.25) is 0 Å². The number of anilines is 2. The number of hydrogen-bond acceptors (Lipinski definition) is 6. The Morgan fingerprint density at radius 3 is 2.69 bits per heavy atom. The van der Waals surface area contributed by atoms with Crippen molar-refractivity contribution in [3.05, 3.63) is 60.3 Å². The molecule has 0 atom stereocenters. The van der Waals surface area contributed by atoms with Gasteiger partial charge in [-0.3, -0.25) is 0 Å². The maximum atomic E-state index is 6.03. The van der Waals surface area contributed by atoms with Crippen LogP contribution in [0.5, 0.6) is 11.5 Å². The lowest BCUT2D eigenvalue weighted by Crippen LogP contribution is -2.44. The molecule has 9 heteroatoms. The molecule has 1 aromatic carbocycles. The van der Waals surface area contributed by atoms with Crippen molar-refractivity contribution in [2.24, 2.45) is 0 Å². The number of unbranched alkanes of at least 4 members (excludes halogenated alkanes) is 1. The summed E-state index contributed by atoms with van der Waals surface area (Å²) in [4.78, 5) is 10.3. The number of nitrogens with zero attached hydrogens (tertiary/aromatic N) is 4. The minimum absolute atomic E-state index is 0.180. The van der Waals surface area contributed by atoms with Gasteiger partial charge >= 0.3 is 0 Å². The van der Waals surface area contributed by atoms with Gasteiger partial charge in [0.25, 0.3) is 0 Å². The van der Waals surface area contributed by atoms with E-state index in [2.05, 4.69) is 45.5 Å². The molecule has 0 amide bonds. The average Bonchev–Trinajstić information content (AvgIpc) is 3.26. The quantitative estimate of drug-likeness (QED) is 0.251. The van der Waals surface area contributed by atoms with Gasteiger partial charge < -0.3 is 30.0 Å². The molecule has 36 heavy (non-hydrogen) atoms. The third kappa shape index (κ3) is 7.84. The lowest BCUT2D eigenvalue weighted by molar-refractivity contribution is 0.286. The largest absolute Gasteiger partial charge is 0.493 e. The monoisotopic (exact) mass is 510 g/mol. The lowest BCUT2D eigenvalue weighted by Gasteiger charge is -2.30. The van der Waals surface area contributed by atoms with E-state index in [1.165, 1.54) is 5.56 Å². The minimum atomic E-state index is 0.180. The summed E-state index contributed by atoms with van der Waals surface area (Å²) in [7, 11) is 1.66. The number of rotatable bonds is 13. The second-order valence-corrected chi connectivity index (χ2v) is 9.39. The number of aromatic nitrogens is 3. The second kappa shape index (κ2) is 13.7. The molecule has 0 fully saturated rings. The van der Waals surface area contributed by atoms with Crippen LogP contribution in [0.15, 0.2) is 49.1 Å². The minimum Gasteiger partial charge on any atom is -0.493 e. The number of nitrogens with one attached hydrogen (secondary N) is 1. The maximum absolute atomic E-state index is 6.03. The zero-order valence-electron chi connectivity index (χ0n) is 21.7. The first kappa shape index (κ1) is 27.3. The lowest BCUT2D eigenvalue weighted by atomic mass is 10.1. The molecule has 2 heterocycles. The highest BCUT2D eigenvalue weighted by molar-refractivity contribution is 7.80. The molecule has 0 radical (unpaired) electrons. The van der Waals surface area contributed by atoms with E-state index in [1.807, 2.05) is 42.9 Å². The summed E-state index contributed by atoms with van der Waals surface area (Å²) in [5.74, 6) is 1.98. The van der Waals surface area contributed by atoms with Crippen LogP contribution in [0.1, 0.15) is 44.4 Å². The summed E-state index contributed by atoms with van der Waals surface area (Å²) in [5.41, 5.74) is 9.07. The van der Waals surface area contributed by atoms with Crippen molar-refractivity contribution < 1.29 is 9.47 Å². The molecule has 0 unspecified atom stereocenters. The molecule has 0 saturated carbocycles. The van der Waals surface area contributed by atoms with E-state index in [1.54, 1.807) is 13.3 Å². The number of ether oxygens (including phenoxy) is 2. The molecule has 0 aliphatic heterocycles. The highest BCUT2D eigenvalue weighted by atomic mass is 32.1. The molecule has 3 N–H and O–H groups in total. The predicted molar refractivity (Wildman–Crippen MR) is 150 cm³/mol. The standard InChI is InChI=1S/C27H38N6O2S/c1-20(2)33(27(36)31-12-7-14-32-19-29-18-21(32)3)23-9-10-24(25(17-23)34-4)35-15-6-5-8-22-11-13-30-26(28)16-22/h9-11,13,16-20H,5-8,12,14-15H2,1-4H3,(H2,28,30)(H,31,36). The predicted octanol–water partition coefficient (Wildman–Crippen LogP) is 4.76. The number of pyridine rings is 1. The van der Waals surface area contributed by atoms with Crippen LogP contribution in [-0.2, 0) is 13.0 Å². The topological polar surface area (TPSA) is 90.5 Å². The molecular formula is C27H38N6O2S. The first-order valence-corrected chi connectivity index (χ1v) is 12.8. The Kier molecular flexibility index (Phi) is 10.4. The van der Waals surface area contributed by atoms with Crippen LogP contribution >= 0.6 is 12.2 Å². The van der Waals surface area contributed by atoms with Crippen molar-refractivity contribution in [3.63, 3.8) is 0 Å². The fourth-order valence-corrected chi connectivity index (χ4v) is 4.41. The average molecular weight is 511 g/mol. The number of methoxy groups -OCH3 is 1. The van der Waals surface area contributed by atoms with Gasteiger partial charge in [-0.2, -0.15) is 0 Å². The van der Waals surface area contributed by atoms with E-state index in [4.69, 9.17) is 27.4 Å². The smallest absolute Gasteiger partial charge is 0.173 e. The molecular weight excluding hydrogens is 472 g/mol. The van der Waals surface area contributed by atoms with E-state index in [0.29, 0.717) is 23.3 Å². The molecule has 2 aromatic heterocycles. The summed E-state index contributed by atoms with van der Waals surface area (Å²) in [6.07, 6.45) is 9.32. The first-order chi connectivity index (χ1) is 17.4. The van der Waals surface area contributed by atoms with Crippen LogP contribution in [0.4, 0.5) is 11.5 Å². The van der Waals surface area contributed by atoms with E-state index in [-0.39, 0.29) is 6.04 Å². The zero-order chi connectivity index (χ0) is 25.9. The van der Waals surface area contributed by atoms with Crippen LogP contribution in [0.2, 0.25) is 0 Å². The van der Waals surface area contributed by atoms with Crippen LogP contribution in [0, 0.1) is 6.92 Å². The third-order valence-electron chi connectivity index (χ3n) is 5.90. The van der Waals surface area contributed by atoms with Crippen LogP contribution in [-0.4, -0.2) is 46.0 Å². The van der Waals surface area contributed by atoms with E-state index >= 15 is 0 Å².